The standard InChI is InChI=1S/C18H35N5S.HI/c1-7-23(8-2)13-9-10-14(3)21-18(19-6)20-12-11-17-15(4)22-16(5)24-17;/h14H,7-13H2,1-6H3,(H2,19,20,21);1H. The quantitative estimate of drug-likeness (QED) is 0.305. The van der Waals surface area contributed by atoms with Gasteiger partial charge in [-0.3, -0.25) is 4.99 Å². The third-order valence-electron chi connectivity index (χ3n) is 4.26. The minimum absolute atomic E-state index is 0. The Morgan fingerprint density at radius 1 is 1.28 bits per heavy atom. The molecule has 1 aromatic heterocycles. The number of guanidine groups is 1. The Balaban J connectivity index is 0.00000576. The Morgan fingerprint density at radius 3 is 2.48 bits per heavy atom. The number of aromatic nitrogens is 1. The average molecular weight is 481 g/mol. The lowest BCUT2D eigenvalue weighted by Crippen LogP contribution is -2.43. The summed E-state index contributed by atoms with van der Waals surface area (Å²) >= 11 is 1.79. The molecular formula is C18H36IN5S. The molecule has 25 heavy (non-hydrogen) atoms. The number of nitrogens with one attached hydrogen (secondary N) is 2. The molecule has 0 saturated carbocycles. The highest BCUT2D eigenvalue weighted by Gasteiger charge is 2.08. The summed E-state index contributed by atoms with van der Waals surface area (Å²) in [4.78, 5) is 12.6. The molecule has 0 bridgehead atoms. The van der Waals surface area contributed by atoms with Crippen LogP contribution in [0.2, 0.25) is 0 Å². The van der Waals surface area contributed by atoms with E-state index in [-0.39, 0.29) is 24.0 Å². The maximum atomic E-state index is 4.48. The zero-order valence-corrected chi connectivity index (χ0v) is 19.8. The van der Waals surface area contributed by atoms with Gasteiger partial charge in [-0.2, -0.15) is 0 Å². The third-order valence-corrected chi connectivity index (χ3v) is 5.39. The van der Waals surface area contributed by atoms with E-state index in [0.29, 0.717) is 6.04 Å². The number of hydrogen-bond donors (Lipinski definition) is 2. The zero-order chi connectivity index (χ0) is 17.9. The summed E-state index contributed by atoms with van der Waals surface area (Å²) in [5, 5.41) is 8.05. The Labute approximate surface area is 175 Å². The van der Waals surface area contributed by atoms with Crippen molar-refractivity contribution in [2.24, 2.45) is 4.99 Å². The van der Waals surface area contributed by atoms with Crippen LogP contribution in [0.4, 0.5) is 0 Å². The molecule has 146 valence electrons. The van der Waals surface area contributed by atoms with Crippen molar-refractivity contribution < 1.29 is 0 Å². The van der Waals surface area contributed by atoms with Crippen LogP contribution in [0, 0.1) is 13.8 Å². The van der Waals surface area contributed by atoms with E-state index in [9.17, 15) is 0 Å². The van der Waals surface area contributed by atoms with Gasteiger partial charge in [0.15, 0.2) is 5.96 Å². The lowest BCUT2D eigenvalue weighted by atomic mass is 10.2. The molecule has 0 saturated heterocycles. The van der Waals surface area contributed by atoms with Gasteiger partial charge in [0.2, 0.25) is 0 Å². The van der Waals surface area contributed by atoms with Crippen molar-refractivity contribution in [3.8, 4) is 0 Å². The van der Waals surface area contributed by atoms with Crippen LogP contribution >= 0.6 is 35.3 Å². The highest BCUT2D eigenvalue weighted by atomic mass is 127. The van der Waals surface area contributed by atoms with Crippen molar-refractivity contribution in [1.29, 1.82) is 0 Å². The van der Waals surface area contributed by atoms with Crippen molar-refractivity contribution in [2.45, 2.75) is 59.9 Å². The molecule has 1 rings (SSSR count). The predicted molar refractivity (Wildman–Crippen MR) is 122 cm³/mol. The fourth-order valence-corrected chi connectivity index (χ4v) is 3.70. The first kappa shape index (κ1) is 24.6. The van der Waals surface area contributed by atoms with E-state index >= 15 is 0 Å². The molecule has 1 heterocycles. The summed E-state index contributed by atoms with van der Waals surface area (Å²) in [5.41, 5.74) is 1.16. The summed E-state index contributed by atoms with van der Waals surface area (Å²) < 4.78 is 0. The molecular weight excluding hydrogens is 445 g/mol. The van der Waals surface area contributed by atoms with Gasteiger partial charge < -0.3 is 15.5 Å². The third kappa shape index (κ3) is 9.75. The number of thiazole rings is 1. The summed E-state index contributed by atoms with van der Waals surface area (Å²) in [7, 11) is 1.83. The lowest BCUT2D eigenvalue weighted by molar-refractivity contribution is 0.292. The molecule has 0 radical (unpaired) electrons. The van der Waals surface area contributed by atoms with Crippen LogP contribution in [0.25, 0.3) is 0 Å². The van der Waals surface area contributed by atoms with E-state index in [2.05, 4.69) is 60.1 Å². The van der Waals surface area contributed by atoms with Gasteiger partial charge in [0.25, 0.3) is 0 Å². The normalized spacial score (nSPS) is 12.8. The van der Waals surface area contributed by atoms with Crippen LogP contribution in [0.15, 0.2) is 4.99 Å². The van der Waals surface area contributed by atoms with E-state index in [1.165, 1.54) is 17.8 Å². The Kier molecular flexibility index (Phi) is 13.5. The first-order chi connectivity index (χ1) is 11.5. The number of halogens is 1. The minimum Gasteiger partial charge on any atom is -0.356 e. The molecule has 1 aromatic rings. The van der Waals surface area contributed by atoms with Crippen LogP contribution in [-0.4, -0.2) is 55.1 Å². The topological polar surface area (TPSA) is 52.5 Å². The molecule has 0 fully saturated rings. The molecule has 2 N–H and O–H groups in total. The summed E-state index contributed by atoms with van der Waals surface area (Å²) in [5.74, 6) is 0.893. The van der Waals surface area contributed by atoms with E-state index in [1.54, 1.807) is 11.3 Å². The van der Waals surface area contributed by atoms with Gasteiger partial charge >= 0.3 is 0 Å². The fraction of sp³-hybridized carbons (Fsp3) is 0.778. The second-order valence-corrected chi connectivity index (χ2v) is 7.49. The first-order valence-electron chi connectivity index (χ1n) is 9.12. The molecule has 1 unspecified atom stereocenters. The van der Waals surface area contributed by atoms with E-state index in [4.69, 9.17) is 0 Å². The van der Waals surface area contributed by atoms with E-state index in [1.807, 2.05) is 7.05 Å². The predicted octanol–water partition coefficient (Wildman–Crippen LogP) is 3.60. The highest BCUT2D eigenvalue weighted by Crippen LogP contribution is 2.16. The maximum Gasteiger partial charge on any atom is 0.191 e. The molecule has 0 aliphatic carbocycles. The van der Waals surface area contributed by atoms with Gasteiger partial charge in [0, 0.05) is 30.9 Å². The van der Waals surface area contributed by atoms with Crippen LogP contribution in [0.1, 0.15) is 49.2 Å². The lowest BCUT2D eigenvalue weighted by Gasteiger charge is -2.21. The highest BCUT2D eigenvalue weighted by molar-refractivity contribution is 14.0. The summed E-state index contributed by atoms with van der Waals surface area (Å²) in [6.45, 7) is 15.2. The van der Waals surface area contributed by atoms with Gasteiger partial charge in [-0.25, -0.2) is 4.98 Å². The zero-order valence-electron chi connectivity index (χ0n) is 16.7. The van der Waals surface area contributed by atoms with Gasteiger partial charge in [0.05, 0.1) is 10.7 Å². The van der Waals surface area contributed by atoms with Crippen LogP contribution in [0.3, 0.4) is 0 Å². The molecule has 0 aromatic carbocycles. The minimum atomic E-state index is 0. The second-order valence-electron chi connectivity index (χ2n) is 6.20. The smallest absolute Gasteiger partial charge is 0.191 e. The molecule has 5 nitrogen and oxygen atoms in total. The van der Waals surface area contributed by atoms with Gasteiger partial charge in [-0.1, -0.05) is 13.8 Å². The van der Waals surface area contributed by atoms with Crippen molar-refractivity contribution in [3.63, 3.8) is 0 Å². The molecule has 0 aliphatic rings. The Morgan fingerprint density at radius 2 is 1.96 bits per heavy atom. The SMILES string of the molecule is CCN(CC)CCCC(C)NC(=NC)NCCc1sc(C)nc1C.I. The van der Waals surface area contributed by atoms with E-state index < -0.39 is 0 Å². The molecule has 1 atom stereocenters. The van der Waals surface area contributed by atoms with Crippen LogP contribution in [-0.2, 0) is 6.42 Å². The largest absolute Gasteiger partial charge is 0.356 e. The molecule has 0 aliphatic heterocycles. The van der Waals surface area contributed by atoms with Gasteiger partial charge in [-0.15, -0.1) is 35.3 Å². The monoisotopic (exact) mass is 481 g/mol. The summed E-state index contributed by atoms with van der Waals surface area (Å²) in [6, 6.07) is 0.430. The van der Waals surface area contributed by atoms with Crippen molar-refractivity contribution in [3.05, 3.63) is 15.6 Å². The second kappa shape index (κ2) is 13.7. The number of hydrogen-bond acceptors (Lipinski definition) is 4. The van der Waals surface area contributed by atoms with Crippen LogP contribution in [0.5, 0.6) is 0 Å². The maximum absolute atomic E-state index is 4.48. The van der Waals surface area contributed by atoms with Gasteiger partial charge in [-0.05, 0) is 53.2 Å². The van der Waals surface area contributed by atoms with E-state index in [0.717, 1.165) is 49.1 Å². The van der Waals surface area contributed by atoms with Crippen molar-refractivity contribution in [1.82, 2.24) is 20.5 Å². The summed E-state index contributed by atoms with van der Waals surface area (Å²) in [6.07, 6.45) is 3.37. The average Bonchev–Trinajstić information content (AvgIpc) is 2.88. The number of rotatable bonds is 10. The first-order valence-corrected chi connectivity index (χ1v) is 9.94. The molecule has 7 heteroatoms. The Hall–Kier alpha value is -0.410. The van der Waals surface area contributed by atoms with Crippen molar-refractivity contribution in [2.75, 3.05) is 33.2 Å². The molecule has 0 amide bonds. The van der Waals surface area contributed by atoms with Gasteiger partial charge in [0.1, 0.15) is 0 Å². The van der Waals surface area contributed by atoms with Crippen LogP contribution < -0.4 is 10.6 Å². The van der Waals surface area contributed by atoms with Crippen molar-refractivity contribution >= 4 is 41.3 Å². The fourth-order valence-electron chi connectivity index (χ4n) is 2.76. The number of nitrogens with zero attached hydrogens (tertiary/aromatic N) is 3. The number of aliphatic imine (C=N–C) groups is 1. The Bertz CT molecular complexity index is 500. The molecule has 0 spiro atoms. The number of aryl methyl sites for hydroxylation is 2.